The van der Waals surface area contributed by atoms with Gasteiger partial charge >= 0.3 is 5.69 Å². The van der Waals surface area contributed by atoms with Crippen molar-refractivity contribution in [2.45, 2.75) is 31.3 Å². The molecule has 1 fully saturated rings. The van der Waals surface area contributed by atoms with E-state index in [0.717, 1.165) is 0 Å². The van der Waals surface area contributed by atoms with Crippen LogP contribution in [0.15, 0.2) is 11.0 Å². The van der Waals surface area contributed by atoms with E-state index in [1.54, 1.807) is 6.92 Å². The zero-order chi connectivity index (χ0) is 12.6. The maximum absolute atomic E-state index is 11.0. The molecule has 0 saturated carbocycles. The fraction of sp³-hybridized carbons (Fsp3) is 0.600. The average Bonchev–Trinajstić information content (AvgIpc) is 2.57. The molecule has 0 radical (unpaired) electrons. The second-order valence-corrected chi connectivity index (χ2v) is 4.03. The Morgan fingerprint density at radius 2 is 2.18 bits per heavy atom. The lowest BCUT2D eigenvalue weighted by atomic mass is 10.0. The summed E-state index contributed by atoms with van der Waals surface area (Å²) in [5, 5.41) is 28.4. The van der Waals surface area contributed by atoms with Gasteiger partial charge in [0.25, 0.3) is 0 Å². The highest BCUT2D eigenvalue weighted by Gasteiger charge is 2.43. The second kappa shape index (κ2) is 4.53. The molecule has 0 aromatic carbocycles. The van der Waals surface area contributed by atoms with E-state index in [1.807, 2.05) is 0 Å². The highest BCUT2D eigenvalue weighted by Crippen LogP contribution is 2.33. The van der Waals surface area contributed by atoms with Crippen molar-refractivity contribution in [3.8, 4) is 0 Å². The normalized spacial score (nSPS) is 32.9. The molecule has 1 aromatic rings. The van der Waals surface area contributed by atoms with Crippen LogP contribution in [0.3, 0.4) is 0 Å². The number of aliphatic hydroxyl groups is 3. The molecule has 0 aliphatic carbocycles. The summed E-state index contributed by atoms with van der Waals surface area (Å²) in [7, 11) is 0. The number of aliphatic hydroxyl groups excluding tert-OH is 3. The van der Waals surface area contributed by atoms with Gasteiger partial charge in [-0.3, -0.25) is 0 Å². The number of rotatable bonds is 2. The van der Waals surface area contributed by atoms with Gasteiger partial charge in [0, 0.05) is 17.5 Å². The molecule has 4 unspecified atom stereocenters. The molecule has 1 saturated heterocycles. The molecule has 2 heterocycles. The number of aromatic nitrogens is 2. The number of aromatic amines is 1. The van der Waals surface area contributed by atoms with E-state index in [2.05, 4.69) is 9.97 Å². The second-order valence-electron chi connectivity index (χ2n) is 4.03. The fourth-order valence-electron chi connectivity index (χ4n) is 1.93. The largest absolute Gasteiger partial charge is 0.394 e. The summed E-state index contributed by atoms with van der Waals surface area (Å²) in [5.41, 5.74) is 0.518. The van der Waals surface area contributed by atoms with Crippen molar-refractivity contribution in [2.75, 3.05) is 6.61 Å². The van der Waals surface area contributed by atoms with Gasteiger partial charge in [0.1, 0.15) is 24.4 Å². The van der Waals surface area contributed by atoms with E-state index in [0.29, 0.717) is 11.3 Å². The quantitative estimate of drug-likeness (QED) is 0.488. The highest BCUT2D eigenvalue weighted by atomic mass is 16.6. The van der Waals surface area contributed by atoms with Gasteiger partial charge in [0.05, 0.1) is 6.61 Å². The van der Waals surface area contributed by atoms with Crippen LogP contribution < -0.4 is 5.69 Å². The van der Waals surface area contributed by atoms with Gasteiger partial charge in [0.15, 0.2) is 0 Å². The van der Waals surface area contributed by atoms with Crippen LogP contribution >= 0.6 is 0 Å². The lowest BCUT2D eigenvalue weighted by Crippen LogP contribution is -2.32. The van der Waals surface area contributed by atoms with Crippen LogP contribution in [-0.2, 0) is 4.74 Å². The van der Waals surface area contributed by atoms with Crippen molar-refractivity contribution in [2.24, 2.45) is 0 Å². The Morgan fingerprint density at radius 3 is 2.71 bits per heavy atom. The molecule has 0 bridgehead atoms. The number of ether oxygens (including phenoxy) is 1. The SMILES string of the molecule is Cc1[nH]c(=O)ncc1C1OC(CO)C(O)C1O. The van der Waals surface area contributed by atoms with Crippen molar-refractivity contribution >= 4 is 0 Å². The third-order valence-corrected chi connectivity index (χ3v) is 2.90. The molecule has 1 aliphatic rings. The Hall–Kier alpha value is -1.28. The summed E-state index contributed by atoms with van der Waals surface area (Å²) in [6, 6.07) is 0. The molecule has 1 aliphatic heterocycles. The van der Waals surface area contributed by atoms with Crippen LogP contribution in [-0.4, -0.2) is 50.2 Å². The summed E-state index contributed by atoms with van der Waals surface area (Å²) in [6.07, 6.45) is -2.64. The maximum atomic E-state index is 11.0. The predicted molar refractivity (Wildman–Crippen MR) is 56.3 cm³/mol. The van der Waals surface area contributed by atoms with Gasteiger partial charge in [0.2, 0.25) is 0 Å². The number of nitrogens with zero attached hydrogens (tertiary/aromatic N) is 1. The van der Waals surface area contributed by atoms with E-state index in [4.69, 9.17) is 9.84 Å². The standard InChI is InChI=1S/C10H14N2O5/c1-4-5(2-11-10(16)12-4)9-8(15)7(14)6(3-13)17-9/h2,6-9,13-15H,3H2,1H3,(H,11,12,16). The molecular weight excluding hydrogens is 228 g/mol. The highest BCUT2D eigenvalue weighted by molar-refractivity contribution is 5.21. The molecule has 7 nitrogen and oxygen atoms in total. The average molecular weight is 242 g/mol. The van der Waals surface area contributed by atoms with E-state index in [1.165, 1.54) is 6.20 Å². The number of nitrogens with one attached hydrogen (secondary N) is 1. The van der Waals surface area contributed by atoms with Crippen LogP contribution in [0.4, 0.5) is 0 Å². The topological polar surface area (TPSA) is 116 Å². The summed E-state index contributed by atoms with van der Waals surface area (Å²) < 4.78 is 5.33. The van der Waals surface area contributed by atoms with Crippen molar-refractivity contribution in [3.05, 3.63) is 27.9 Å². The molecule has 17 heavy (non-hydrogen) atoms. The van der Waals surface area contributed by atoms with Gasteiger partial charge in [-0.25, -0.2) is 9.78 Å². The molecule has 0 amide bonds. The van der Waals surface area contributed by atoms with Gasteiger partial charge in [-0.15, -0.1) is 0 Å². The van der Waals surface area contributed by atoms with Crippen LogP contribution in [0.1, 0.15) is 17.4 Å². The van der Waals surface area contributed by atoms with Crippen LogP contribution in [0.5, 0.6) is 0 Å². The minimum absolute atomic E-state index is 0.384. The Labute approximate surface area is 96.7 Å². The lowest BCUT2D eigenvalue weighted by Gasteiger charge is -2.16. The zero-order valence-corrected chi connectivity index (χ0v) is 9.20. The van der Waals surface area contributed by atoms with E-state index in [-0.39, 0.29) is 6.61 Å². The monoisotopic (exact) mass is 242 g/mol. The van der Waals surface area contributed by atoms with Crippen molar-refractivity contribution in [3.63, 3.8) is 0 Å². The van der Waals surface area contributed by atoms with E-state index in [9.17, 15) is 15.0 Å². The first-order chi connectivity index (χ1) is 8.04. The Balaban J connectivity index is 2.32. The fourth-order valence-corrected chi connectivity index (χ4v) is 1.93. The Kier molecular flexibility index (Phi) is 3.25. The number of hydrogen-bond acceptors (Lipinski definition) is 6. The van der Waals surface area contributed by atoms with Crippen molar-refractivity contribution in [1.82, 2.24) is 9.97 Å². The molecule has 0 spiro atoms. The maximum Gasteiger partial charge on any atom is 0.345 e. The van der Waals surface area contributed by atoms with Gasteiger partial charge in [-0.1, -0.05) is 0 Å². The third kappa shape index (κ3) is 2.09. The molecular formula is C10H14N2O5. The summed E-state index contributed by atoms with van der Waals surface area (Å²) in [4.78, 5) is 17.0. The molecule has 1 aromatic heterocycles. The minimum atomic E-state index is -1.16. The predicted octanol–water partition coefficient (Wildman–Crippen LogP) is -1.77. The molecule has 4 N–H and O–H groups in total. The number of hydrogen-bond donors (Lipinski definition) is 4. The number of H-pyrrole nitrogens is 1. The van der Waals surface area contributed by atoms with Crippen molar-refractivity contribution < 1.29 is 20.1 Å². The molecule has 7 heteroatoms. The summed E-state index contributed by atoms with van der Waals surface area (Å²) >= 11 is 0. The lowest BCUT2D eigenvalue weighted by molar-refractivity contribution is -0.0231. The Morgan fingerprint density at radius 1 is 1.47 bits per heavy atom. The smallest absolute Gasteiger partial charge is 0.345 e. The van der Waals surface area contributed by atoms with Crippen LogP contribution in [0, 0.1) is 6.92 Å². The van der Waals surface area contributed by atoms with E-state index < -0.39 is 30.1 Å². The third-order valence-electron chi connectivity index (χ3n) is 2.90. The first kappa shape index (κ1) is 12.2. The van der Waals surface area contributed by atoms with Crippen LogP contribution in [0.25, 0.3) is 0 Å². The molecule has 4 atom stereocenters. The molecule has 94 valence electrons. The first-order valence-electron chi connectivity index (χ1n) is 5.23. The molecule has 2 rings (SSSR count). The van der Waals surface area contributed by atoms with Crippen LogP contribution in [0.2, 0.25) is 0 Å². The Bertz CT molecular complexity index is 460. The summed E-state index contributed by atoms with van der Waals surface area (Å²) in [6.45, 7) is 1.26. The van der Waals surface area contributed by atoms with Gasteiger partial charge in [-0.05, 0) is 6.92 Å². The first-order valence-corrected chi connectivity index (χ1v) is 5.23. The number of aryl methyl sites for hydroxylation is 1. The van der Waals surface area contributed by atoms with E-state index >= 15 is 0 Å². The van der Waals surface area contributed by atoms with Crippen molar-refractivity contribution in [1.29, 1.82) is 0 Å². The van der Waals surface area contributed by atoms with Gasteiger partial charge in [-0.2, -0.15) is 0 Å². The minimum Gasteiger partial charge on any atom is -0.394 e. The summed E-state index contributed by atoms with van der Waals surface area (Å²) in [5.74, 6) is 0. The van der Waals surface area contributed by atoms with Gasteiger partial charge < -0.3 is 25.0 Å². The zero-order valence-electron chi connectivity index (χ0n) is 9.20.